The van der Waals surface area contributed by atoms with Crippen LogP contribution in [-0.4, -0.2) is 16.3 Å². The van der Waals surface area contributed by atoms with E-state index in [1.54, 1.807) is 18.3 Å². The molecule has 0 aliphatic heterocycles. The van der Waals surface area contributed by atoms with Crippen LogP contribution in [0.2, 0.25) is 5.02 Å². The summed E-state index contributed by atoms with van der Waals surface area (Å²) in [7, 11) is 0. The molecule has 27 heavy (non-hydrogen) atoms. The zero-order valence-electron chi connectivity index (χ0n) is 14.3. The summed E-state index contributed by atoms with van der Waals surface area (Å²) in [4.78, 5) is 9.01. The summed E-state index contributed by atoms with van der Waals surface area (Å²) >= 11 is 9.30. The lowest BCUT2D eigenvalue weighted by Crippen LogP contribution is -1.84. The molecule has 0 saturated carbocycles. The highest BCUT2D eigenvalue weighted by Crippen LogP contribution is 2.32. The average Bonchev–Trinajstić information content (AvgIpc) is 3.07. The van der Waals surface area contributed by atoms with Gasteiger partial charge in [-0.1, -0.05) is 29.8 Å². The van der Waals surface area contributed by atoms with Crippen molar-refractivity contribution in [1.82, 2.24) is 4.98 Å². The minimum Gasteiger partial charge on any atom is -0.506 e. The van der Waals surface area contributed by atoms with Gasteiger partial charge in [-0.3, -0.25) is 4.99 Å². The SMILES string of the molecule is Cc1ccccc1-c1nc2cc(N=Cc3cc(Cl)cc(Br)c3O)ccc2o1. The van der Waals surface area contributed by atoms with Gasteiger partial charge in [0.15, 0.2) is 5.58 Å². The lowest BCUT2D eigenvalue weighted by molar-refractivity contribution is 0.471. The van der Waals surface area contributed by atoms with Gasteiger partial charge in [0.05, 0.1) is 10.2 Å². The fourth-order valence-corrected chi connectivity index (χ4v) is 3.59. The van der Waals surface area contributed by atoms with Crippen molar-refractivity contribution >= 4 is 50.5 Å². The molecule has 4 aromatic rings. The molecule has 6 heteroatoms. The maximum atomic E-state index is 10.1. The molecule has 0 fully saturated rings. The van der Waals surface area contributed by atoms with E-state index in [4.69, 9.17) is 16.0 Å². The lowest BCUT2D eigenvalue weighted by atomic mass is 10.1. The smallest absolute Gasteiger partial charge is 0.227 e. The number of aryl methyl sites for hydroxylation is 1. The molecular formula is C21H14BrClN2O2. The van der Waals surface area contributed by atoms with Gasteiger partial charge in [-0.25, -0.2) is 4.98 Å². The first-order valence-electron chi connectivity index (χ1n) is 8.20. The van der Waals surface area contributed by atoms with Gasteiger partial charge < -0.3 is 9.52 Å². The van der Waals surface area contributed by atoms with Crippen molar-refractivity contribution in [3.05, 3.63) is 75.2 Å². The Balaban J connectivity index is 1.69. The maximum absolute atomic E-state index is 10.1. The third kappa shape index (κ3) is 3.61. The normalized spacial score (nSPS) is 11.5. The van der Waals surface area contributed by atoms with Crippen molar-refractivity contribution in [2.45, 2.75) is 6.92 Å². The van der Waals surface area contributed by atoms with Gasteiger partial charge in [0.2, 0.25) is 5.89 Å². The number of hydrogen-bond acceptors (Lipinski definition) is 4. The summed E-state index contributed by atoms with van der Waals surface area (Å²) in [6, 6.07) is 16.7. The number of phenolic OH excluding ortho intramolecular Hbond substituents is 1. The monoisotopic (exact) mass is 440 g/mol. The van der Waals surface area contributed by atoms with E-state index in [0.717, 1.165) is 16.6 Å². The molecule has 1 heterocycles. The van der Waals surface area contributed by atoms with Crippen LogP contribution in [0.5, 0.6) is 5.75 Å². The Morgan fingerprint density at radius 1 is 1.15 bits per heavy atom. The number of aliphatic imine (C=N–C) groups is 1. The second kappa shape index (κ2) is 7.18. The largest absolute Gasteiger partial charge is 0.506 e. The van der Waals surface area contributed by atoms with E-state index in [1.807, 2.05) is 49.4 Å². The van der Waals surface area contributed by atoms with E-state index in [2.05, 4.69) is 25.9 Å². The highest BCUT2D eigenvalue weighted by Gasteiger charge is 2.11. The number of halogens is 2. The molecule has 0 atom stereocenters. The number of nitrogens with zero attached hydrogens (tertiary/aromatic N) is 2. The quantitative estimate of drug-likeness (QED) is 0.361. The van der Waals surface area contributed by atoms with Crippen molar-refractivity contribution in [1.29, 1.82) is 0 Å². The fourth-order valence-electron chi connectivity index (χ4n) is 2.75. The Bertz CT molecular complexity index is 1180. The molecule has 0 amide bonds. The predicted molar refractivity (Wildman–Crippen MR) is 112 cm³/mol. The van der Waals surface area contributed by atoms with E-state index >= 15 is 0 Å². The van der Waals surface area contributed by atoms with Gasteiger partial charge in [0, 0.05) is 22.4 Å². The number of phenols is 1. The van der Waals surface area contributed by atoms with Crippen molar-refractivity contribution < 1.29 is 9.52 Å². The first-order chi connectivity index (χ1) is 13.0. The molecule has 1 aromatic heterocycles. The van der Waals surface area contributed by atoms with E-state index in [9.17, 15) is 5.11 Å². The molecule has 4 rings (SSSR count). The summed E-state index contributed by atoms with van der Waals surface area (Å²) in [6.45, 7) is 2.02. The summed E-state index contributed by atoms with van der Waals surface area (Å²) in [6.07, 6.45) is 1.56. The van der Waals surface area contributed by atoms with Crippen LogP contribution in [0.3, 0.4) is 0 Å². The summed E-state index contributed by atoms with van der Waals surface area (Å²) in [5, 5.41) is 10.6. The number of benzene rings is 3. The zero-order chi connectivity index (χ0) is 19.0. The number of hydrogen-bond donors (Lipinski definition) is 1. The lowest BCUT2D eigenvalue weighted by Gasteiger charge is -2.02. The molecule has 3 aromatic carbocycles. The first-order valence-corrected chi connectivity index (χ1v) is 9.37. The minimum absolute atomic E-state index is 0.0903. The number of aromatic nitrogens is 1. The maximum Gasteiger partial charge on any atom is 0.227 e. The Morgan fingerprint density at radius 3 is 2.78 bits per heavy atom. The van der Waals surface area contributed by atoms with Gasteiger partial charge in [-0.05, 0) is 64.8 Å². The number of oxazole rings is 1. The van der Waals surface area contributed by atoms with E-state index in [0.29, 0.717) is 32.2 Å². The number of aromatic hydroxyl groups is 1. The van der Waals surface area contributed by atoms with Crippen LogP contribution < -0.4 is 0 Å². The third-order valence-corrected chi connectivity index (χ3v) is 4.98. The third-order valence-electron chi connectivity index (χ3n) is 4.16. The van der Waals surface area contributed by atoms with E-state index < -0.39 is 0 Å². The molecule has 0 aliphatic carbocycles. The van der Waals surface area contributed by atoms with Crippen LogP contribution in [0.4, 0.5) is 5.69 Å². The van der Waals surface area contributed by atoms with E-state index in [-0.39, 0.29) is 5.75 Å². The molecule has 134 valence electrons. The zero-order valence-corrected chi connectivity index (χ0v) is 16.6. The van der Waals surface area contributed by atoms with Crippen LogP contribution in [-0.2, 0) is 0 Å². The summed E-state index contributed by atoms with van der Waals surface area (Å²) in [5.41, 5.74) is 4.70. The van der Waals surface area contributed by atoms with Crippen molar-refractivity contribution in [2.75, 3.05) is 0 Å². The Morgan fingerprint density at radius 2 is 1.96 bits per heavy atom. The number of rotatable bonds is 3. The van der Waals surface area contributed by atoms with Crippen LogP contribution in [0.15, 0.2) is 68.5 Å². The molecule has 1 N–H and O–H groups in total. The highest BCUT2D eigenvalue weighted by molar-refractivity contribution is 9.10. The molecular weight excluding hydrogens is 428 g/mol. The minimum atomic E-state index is 0.0903. The molecule has 0 radical (unpaired) electrons. The van der Waals surface area contributed by atoms with Gasteiger partial charge in [0.1, 0.15) is 11.3 Å². The predicted octanol–water partition coefficient (Wildman–Crippen LogP) is 6.68. The Kier molecular flexibility index (Phi) is 4.72. The Hall–Kier alpha value is -2.63. The molecule has 0 spiro atoms. The second-order valence-corrected chi connectivity index (χ2v) is 7.36. The van der Waals surface area contributed by atoms with Crippen LogP contribution in [0.25, 0.3) is 22.6 Å². The topological polar surface area (TPSA) is 58.6 Å². The molecule has 4 nitrogen and oxygen atoms in total. The van der Waals surface area contributed by atoms with Crippen molar-refractivity contribution in [3.8, 4) is 17.2 Å². The van der Waals surface area contributed by atoms with Gasteiger partial charge in [-0.2, -0.15) is 0 Å². The molecule has 0 bridgehead atoms. The average molecular weight is 442 g/mol. The highest BCUT2D eigenvalue weighted by atomic mass is 79.9. The number of fused-ring (bicyclic) bond motifs is 1. The summed E-state index contributed by atoms with van der Waals surface area (Å²) < 4.78 is 6.40. The Labute approximate surface area is 169 Å². The first kappa shape index (κ1) is 17.8. The molecule has 0 aliphatic rings. The standard InChI is InChI=1S/C21H14BrClN2O2/c1-12-4-2-3-5-16(12)21-25-18-10-15(6-7-19(18)27-21)24-11-13-8-14(23)9-17(22)20(13)26/h2-11,26H,1H3. The van der Waals surface area contributed by atoms with Gasteiger partial charge in [-0.15, -0.1) is 0 Å². The van der Waals surface area contributed by atoms with Crippen LogP contribution in [0.1, 0.15) is 11.1 Å². The van der Waals surface area contributed by atoms with Crippen molar-refractivity contribution in [3.63, 3.8) is 0 Å². The summed E-state index contributed by atoms with van der Waals surface area (Å²) in [5.74, 6) is 0.674. The van der Waals surface area contributed by atoms with E-state index in [1.165, 1.54) is 0 Å². The second-order valence-electron chi connectivity index (χ2n) is 6.07. The molecule has 0 unspecified atom stereocenters. The van der Waals surface area contributed by atoms with Crippen LogP contribution >= 0.6 is 27.5 Å². The van der Waals surface area contributed by atoms with Gasteiger partial charge >= 0.3 is 0 Å². The van der Waals surface area contributed by atoms with Gasteiger partial charge in [0.25, 0.3) is 0 Å². The molecule has 0 saturated heterocycles. The van der Waals surface area contributed by atoms with Crippen molar-refractivity contribution in [2.24, 2.45) is 4.99 Å². The fraction of sp³-hybridized carbons (Fsp3) is 0.0476. The van der Waals surface area contributed by atoms with Crippen LogP contribution in [0, 0.1) is 6.92 Å².